The van der Waals surface area contributed by atoms with Crippen LogP contribution in [0.4, 0.5) is 24.5 Å². The Kier molecular flexibility index (Phi) is 7.40. The smallest absolute Gasteiger partial charge is 0.322 e. The van der Waals surface area contributed by atoms with E-state index in [1.807, 2.05) is 6.07 Å². The largest absolute Gasteiger partial charge is 0.416 e. The summed E-state index contributed by atoms with van der Waals surface area (Å²) in [4.78, 5) is 38.1. The van der Waals surface area contributed by atoms with Crippen molar-refractivity contribution in [2.45, 2.75) is 6.18 Å². The zero-order chi connectivity index (χ0) is 29.9. The Morgan fingerprint density at radius 3 is 2.05 bits per heavy atom. The van der Waals surface area contributed by atoms with Gasteiger partial charge in [0, 0.05) is 16.9 Å². The van der Waals surface area contributed by atoms with E-state index in [9.17, 15) is 32.8 Å². The number of alkyl halides is 3. The highest BCUT2D eigenvalue weighted by Crippen LogP contribution is 2.29. The van der Waals surface area contributed by atoms with Crippen LogP contribution in [0.3, 0.4) is 0 Å². The molecule has 1 heterocycles. The molecule has 2 amide bonds. The van der Waals surface area contributed by atoms with Crippen LogP contribution in [0.1, 0.15) is 31.8 Å². The first kappa shape index (κ1) is 27.6. The van der Waals surface area contributed by atoms with E-state index in [-0.39, 0.29) is 16.7 Å². The maximum atomic E-state index is 13.1. The van der Waals surface area contributed by atoms with Crippen molar-refractivity contribution >= 4 is 23.2 Å². The maximum Gasteiger partial charge on any atom is 0.416 e. The van der Waals surface area contributed by atoms with E-state index < -0.39 is 29.2 Å². The highest BCUT2D eigenvalue weighted by atomic mass is 19.4. The third kappa shape index (κ3) is 5.80. The number of benzene rings is 4. The number of nitrogens with one attached hydrogen (secondary N) is 2. The van der Waals surface area contributed by atoms with Crippen molar-refractivity contribution in [2.75, 3.05) is 10.6 Å². The van der Waals surface area contributed by atoms with Gasteiger partial charge in [0.25, 0.3) is 11.8 Å². The van der Waals surface area contributed by atoms with Crippen molar-refractivity contribution in [3.8, 4) is 17.4 Å². The Labute approximate surface area is 236 Å². The molecule has 0 aliphatic heterocycles. The fourth-order valence-electron chi connectivity index (χ4n) is 4.07. The molecule has 0 atom stereocenters. The van der Waals surface area contributed by atoms with Gasteiger partial charge < -0.3 is 10.6 Å². The zero-order valence-corrected chi connectivity index (χ0v) is 21.5. The second-order valence-electron chi connectivity index (χ2n) is 8.93. The van der Waals surface area contributed by atoms with Gasteiger partial charge in [0.2, 0.25) is 0 Å². The molecular weight excluding hydrogens is 549 g/mol. The highest BCUT2D eigenvalue weighted by molar-refractivity contribution is 6.06. The number of aromatic nitrogens is 3. The van der Waals surface area contributed by atoms with E-state index in [0.29, 0.717) is 22.7 Å². The van der Waals surface area contributed by atoms with Gasteiger partial charge in [0.05, 0.1) is 34.1 Å². The summed E-state index contributed by atoms with van der Waals surface area (Å²) in [5, 5.41) is 18.6. The van der Waals surface area contributed by atoms with Crippen LogP contribution in [0.15, 0.2) is 108 Å². The number of anilines is 2. The Morgan fingerprint density at radius 1 is 0.786 bits per heavy atom. The van der Waals surface area contributed by atoms with E-state index in [0.717, 1.165) is 22.9 Å². The molecule has 0 aliphatic rings. The van der Waals surface area contributed by atoms with Crippen LogP contribution in [0.2, 0.25) is 0 Å². The first-order valence-electron chi connectivity index (χ1n) is 12.3. The first-order chi connectivity index (χ1) is 20.1. The minimum Gasteiger partial charge on any atom is -0.322 e. The molecule has 9 nitrogen and oxygen atoms in total. The molecule has 2 N–H and O–H groups in total. The third-order valence-electron chi connectivity index (χ3n) is 6.19. The summed E-state index contributed by atoms with van der Waals surface area (Å²) < 4.78 is 41.3. The summed E-state index contributed by atoms with van der Waals surface area (Å²) in [6, 6.07) is 25.0. The summed E-state index contributed by atoms with van der Waals surface area (Å²) >= 11 is 0. The predicted molar refractivity (Wildman–Crippen MR) is 148 cm³/mol. The second-order valence-corrected chi connectivity index (χ2v) is 8.93. The molecule has 0 fully saturated rings. The van der Waals surface area contributed by atoms with Gasteiger partial charge in [-0.3, -0.25) is 9.59 Å². The number of hydrogen-bond donors (Lipinski definition) is 2. The van der Waals surface area contributed by atoms with Crippen molar-refractivity contribution in [1.29, 1.82) is 5.26 Å². The van der Waals surface area contributed by atoms with Gasteiger partial charge in [-0.15, -0.1) is 0 Å². The summed E-state index contributed by atoms with van der Waals surface area (Å²) in [5.74, 6) is -1.16. The van der Waals surface area contributed by atoms with Crippen LogP contribution in [-0.2, 0) is 6.18 Å². The topological polar surface area (TPSA) is 122 Å². The van der Waals surface area contributed by atoms with Crippen LogP contribution in [0.5, 0.6) is 0 Å². The number of nitrogens with zero attached hydrogens (tertiary/aromatic N) is 4. The van der Waals surface area contributed by atoms with Crippen LogP contribution < -0.4 is 16.3 Å². The molecule has 12 heteroatoms. The van der Waals surface area contributed by atoms with Crippen LogP contribution in [-0.4, -0.2) is 26.2 Å². The van der Waals surface area contributed by atoms with Gasteiger partial charge in [0.1, 0.15) is 6.33 Å². The van der Waals surface area contributed by atoms with Gasteiger partial charge in [-0.25, -0.2) is 9.36 Å². The molecule has 5 rings (SSSR count). The average molecular weight is 569 g/mol. The monoisotopic (exact) mass is 568 g/mol. The summed E-state index contributed by atoms with van der Waals surface area (Å²) in [5.41, 5.74) is 0.545. The molecule has 0 aliphatic carbocycles. The van der Waals surface area contributed by atoms with E-state index >= 15 is 0 Å². The number of rotatable bonds is 6. The molecule has 0 bridgehead atoms. The summed E-state index contributed by atoms with van der Waals surface area (Å²) in [7, 11) is 0. The molecular formula is C30H19F3N6O3. The standard InChI is InChI=1S/C30H19F3N6O3/c31-30(32,33)21-6-3-5-19(16-21)27(40)36-22-8-12-24(13-9-22)38-18-35-39(29(38)42)25-14-10-23(11-15-25)37-28(41)26-7-2-1-4-20(26)17-34/h1-16,18H,(H,36,40)(H,37,41). The van der Waals surface area contributed by atoms with Gasteiger partial charge in [0.15, 0.2) is 0 Å². The molecule has 0 saturated carbocycles. The normalized spacial score (nSPS) is 11.0. The van der Waals surface area contributed by atoms with Crippen LogP contribution >= 0.6 is 0 Å². The minimum absolute atomic E-state index is 0.149. The lowest BCUT2D eigenvalue weighted by atomic mass is 10.1. The third-order valence-corrected chi connectivity index (χ3v) is 6.19. The SMILES string of the molecule is N#Cc1ccccc1C(=O)Nc1ccc(-n2ncn(-c3ccc(NC(=O)c4cccc(C(F)(F)F)c4)cc3)c2=O)cc1. The van der Waals surface area contributed by atoms with Crippen LogP contribution in [0, 0.1) is 11.3 Å². The Bertz CT molecular complexity index is 1890. The lowest BCUT2D eigenvalue weighted by molar-refractivity contribution is -0.137. The molecule has 1 aromatic heterocycles. The zero-order valence-electron chi connectivity index (χ0n) is 21.5. The molecule has 208 valence electrons. The second kappa shape index (κ2) is 11.3. The van der Waals surface area contributed by atoms with E-state index in [1.165, 1.54) is 29.1 Å². The van der Waals surface area contributed by atoms with Gasteiger partial charge >= 0.3 is 11.9 Å². The van der Waals surface area contributed by atoms with E-state index in [2.05, 4.69) is 15.7 Å². The van der Waals surface area contributed by atoms with Crippen molar-refractivity contribution < 1.29 is 22.8 Å². The molecule has 0 saturated heterocycles. The summed E-state index contributed by atoms with van der Waals surface area (Å²) in [6.45, 7) is 0. The number of hydrogen-bond acceptors (Lipinski definition) is 5. The Balaban J connectivity index is 1.28. The number of carbonyl (C=O) groups is 2. The molecule has 42 heavy (non-hydrogen) atoms. The molecule has 4 aromatic carbocycles. The lowest BCUT2D eigenvalue weighted by Gasteiger charge is -2.10. The van der Waals surface area contributed by atoms with Gasteiger partial charge in [-0.05, 0) is 78.9 Å². The Morgan fingerprint density at radius 2 is 1.40 bits per heavy atom. The van der Waals surface area contributed by atoms with E-state index in [4.69, 9.17) is 0 Å². The summed E-state index contributed by atoms with van der Waals surface area (Å²) in [6.07, 6.45) is -3.26. The predicted octanol–water partition coefficient (Wildman–Crippen LogP) is 5.42. The molecule has 0 radical (unpaired) electrons. The number of nitriles is 1. The van der Waals surface area contributed by atoms with Crippen LogP contribution in [0.25, 0.3) is 11.4 Å². The highest BCUT2D eigenvalue weighted by Gasteiger charge is 2.30. The number of halogens is 3. The average Bonchev–Trinajstić information content (AvgIpc) is 3.38. The van der Waals surface area contributed by atoms with Crippen molar-refractivity contribution in [3.63, 3.8) is 0 Å². The minimum atomic E-state index is -4.57. The van der Waals surface area contributed by atoms with Crippen molar-refractivity contribution in [1.82, 2.24) is 14.3 Å². The maximum absolute atomic E-state index is 13.1. The fourth-order valence-corrected chi connectivity index (χ4v) is 4.07. The lowest BCUT2D eigenvalue weighted by Crippen LogP contribution is -2.22. The van der Waals surface area contributed by atoms with Gasteiger partial charge in [-0.2, -0.15) is 28.2 Å². The fraction of sp³-hybridized carbons (Fsp3) is 0.0333. The van der Waals surface area contributed by atoms with Gasteiger partial charge in [-0.1, -0.05) is 18.2 Å². The Hall–Kier alpha value is -5.96. The molecule has 5 aromatic rings. The van der Waals surface area contributed by atoms with Crippen molar-refractivity contribution in [2.24, 2.45) is 0 Å². The number of carbonyl (C=O) groups excluding carboxylic acids is 2. The molecule has 0 spiro atoms. The molecule has 0 unspecified atom stereocenters. The quantitative estimate of drug-likeness (QED) is 0.283. The van der Waals surface area contributed by atoms with Crippen molar-refractivity contribution in [3.05, 3.63) is 136 Å². The number of amides is 2. The van der Waals surface area contributed by atoms with E-state index in [1.54, 1.807) is 60.7 Å². The first-order valence-corrected chi connectivity index (χ1v) is 12.3.